The Balaban J connectivity index is 2.51. The van der Waals surface area contributed by atoms with E-state index in [-0.39, 0.29) is 6.09 Å². The molecule has 1 amide bonds. The highest BCUT2D eigenvalue weighted by Gasteiger charge is 2.25. The van der Waals surface area contributed by atoms with Gasteiger partial charge in [-0.25, -0.2) is 4.79 Å². The molecule has 0 atom stereocenters. The van der Waals surface area contributed by atoms with Gasteiger partial charge < -0.3 is 15.4 Å². The number of amides is 1. The van der Waals surface area contributed by atoms with E-state index in [1.165, 1.54) is 32.1 Å². The maximum Gasteiger partial charge on any atom is 0.410 e. The molecule has 1 aliphatic carbocycles. The molecule has 1 saturated carbocycles. The minimum absolute atomic E-state index is 0.167. The summed E-state index contributed by atoms with van der Waals surface area (Å²) in [6.45, 7) is 8.06. The van der Waals surface area contributed by atoms with Crippen LogP contribution in [0.15, 0.2) is 0 Å². The Morgan fingerprint density at radius 3 is 2.40 bits per heavy atom. The maximum atomic E-state index is 12.3. The average molecular weight is 284 g/mol. The van der Waals surface area contributed by atoms with E-state index in [0.29, 0.717) is 12.5 Å². The first-order chi connectivity index (χ1) is 9.42. The first kappa shape index (κ1) is 17.3. The summed E-state index contributed by atoms with van der Waals surface area (Å²) in [7, 11) is 0. The van der Waals surface area contributed by atoms with Crippen LogP contribution in [-0.2, 0) is 4.74 Å². The summed E-state index contributed by atoms with van der Waals surface area (Å²) in [5.41, 5.74) is 5.12. The molecule has 4 nitrogen and oxygen atoms in total. The fraction of sp³-hybridized carbons (Fsp3) is 0.938. The van der Waals surface area contributed by atoms with E-state index in [0.717, 1.165) is 25.9 Å². The van der Waals surface area contributed by atoms with Gasteiger partial charge in [-0.1, -0.05) is 19.3 Å². The molecule has 0 bridgehead atoms. The summed E-state index contributed by atoms with van der Waals surface area (Å²) in [5, 5.41) is 0. The van der Waals surface area contributed by atoms with E-state index in [2.05, 4.69) is 0 Å². The van der Waals surface area contributed by atoms with Crippen LogP contribution in [0.1, 0.15) is 65.7 Å². The monoisotopic (exact) mass is 284 g/mol. The summed E-state index contributed by atoms with van der Waals surface area (Å²) >= 11 is 0. The summed E-state index contributed by atoms with van der Waals surface area (Å²) < 4.78 is 5.53. The van der Waals surface area contributed by atoms with Crippen molar-refractivity contribution in [1.82, 2.24) is 4.90 Å². The van der Waals surface area contributed by atoms with Crippen molar-refractivity contribution >= 4 is 6.09 Å². The number of carbonyl (C=O) groups excluding carboxylic acids is 1. The number of nitrogens with two attached hydrogens (primary N) is 1. The molecule has 0 radical (unpaired) electrons. The molecular weight excluding hydrogens is 252 g/mol. The molecule has 20 heavy (non-hydrogen) atoms. The normalized spacial score (nSPS) is 17.0. The lowest BCUT2D eigenvalue weighted by atomic mass is 9.89. The Hall–Kier alpha value is -0.770. The maximum absolute atomic E-state index is 12.3. The molecule has 0 aromatic carbocycles. The number of rotatable bonds is 6. The van der Waals surface area contributed by atoms with Crippen LogP contribution >= 0.6 is 0 Å². The minimum Gasteiger partial charge on any atom is -0.444 e. The standard InChI is InChI=1S/C16H32N2O2/c1-16(2,3)20-15(19)18(12-8-7-11-17)13-14-9-5-4-6-10-14/h14H,4-13,17H2,1-3H3. The van der Waals surface area contributed by atoms with E-state index in [1.54, 1.807) is 0 Å². The number of carbonyl (C=O) groups is 1. The number of hydrogen-bond acceptors (Lipinski definition) is 3. The topological polar surface area (TPSA) is 55.6 Å². The van der Waals surface area contributed by atoms with Crippen LogP contribution in [0.5, 0.6) is 0 Å². The van der Waals surface area contributed by atoms with Crippen molar-refractivity contribution in [2.45, 2.75) is 71.3 Å². The third-order valence-electron chi connectivity index (χ3n) is 3.74. The van der Waals surface area contributed by atoms with Gasteiger partial charge in [-0.3, -0.25) is 0 Å². The van der Waals surface area contributed by atoms with Crippen molar-refractivity contribution in [3.8, 4) is 0 Å². The molecule has 0 spiro atoms. The number of hydrogen-bond donors (Lipinski definition) is 1. The lowest BCUT2D eigenvalue weighted by Gasteiger charge is -2.31. The largest absolute Gasteiger partial charge is 0.444 e. The highest BCUT2D eigenvalue weighted by Crippen LogP contribution is 2.25. The third kappa shape index (κ3) is 7.13. The van der Waals surface area contributed by atoms with Gasteiger partial charge in [0.25, 0.3) is 0 Å². The molecule has 118 valence electrons. The van der Waals surface area contributed by atoms with Crippen LogP contribution in [0.25, 0.3) is 0 Å². The molecule has 1 rings (SSSR count). The molecule has 1 aliphatic rings. The van der Waals surface area contributed by atoms with Crippen molar-refractivity contribution in [2.75, 3.05) is 19.6 Å². The van der Waals surface area contributed by atoms with Crippen LogP contribution in [-0.4, -0.2) is 36.2 Å². The zero-order chi connectivity index (χ0) is 15.0. The summed E-state index contributed by atoms with van der Waals surface area (Å²) in [4.78, 5) is 14.2. The van der Waals surface area contributed by atoms with Gasteiger partial charge in [0.1, 0.15) is 5.60 Å². The molecule has 0 saturated heterocycles. The van der Waals surface area contributed by atoms with Gasteiger partial charge in [0.15, 0.2) is 0 Å². The summed E-state index contributed by atoms with van der Waals surface area (Å²) in [6, 6.07) is 0. The van der Waals surface area contributed by atoms with Gasteiger partial charge in [0.2, 0.25) is 0 Å². The highest BCUT2D eigenvalue weighted by molar-refractivity contribution is 5.68. The molecule has 2 N–H and O–H groups in total. The first-order valence-electron chi connectivity index (χ1n) is 8.10. The minimum atomic E-state index is -0.421. The molecule has 0 aromatic heterocycles. The predicted molar refractivity (Wildman–Crippen MR) is 82.7 cm³/mol. The molecule has 0 aromatic rings. The van der Waals surface area contributed by atoms with E-state index in [9.17, 15) is 4.79 Å². The zero-order valence-electron chi connectivity index (χ0n) is 13.5. The lowest BCUT2D eigenvalue weighted by Crippen LogP contribution is -2.40. The quantitative estimate of drug-likeness (QED) is 0.759. The van der Waals surface area contributed by atoms with E-state index < -0.39 is 5.60 Å². The smallest absolute Gasteiger partial charge is 0.410 e. The van der Waals surface area contributed by atoms with E-state index >= 15 is 0 Å². The van der Waals surface area contributed by atoms with Crippen LogP contribution in [0.4, 0.5) is 4.79 Å². The van der Waals surface area contributed by atoms with Gasteiger partial charge in [-0.15, -0.1) is 0 Å². The number of nitrogens with zero attached hydrogens (tertiary/aromatic N) is 1. The van der Waals surface area contributed by atoms with Gasteiger partial charge in [0.05, 0.1) is 0 Å². The third-order valence-corrected chi connectivity index (χ3v) is 3.74. The van der Waals surface area contributed by atoms with Crippen molar-refractivity contribution in [2.24, 2.45) is 11.7 Å². The van der Waals surface area contributed by atoms with Crippen LogP contribution in [0, 0.1) is 5.92 Å². The molecular formula is C16H32N2O2. The Labute approximate surface area is 124 Å². The molecule has 0 unspecified atom stereocenters. The van der Waals surface area contributed by atoms with Gasteiger partial charge >= 0.3 is 6.09 Å². The number of ether oxygens (including phenoxy) is 1. The highest BCUT2D eigenvalue weighted by atomic mass is 16.6. The molecule has 1 fully saturated rings. The first-order valence-corrected chi connectivity index (χ1v) is 8.10. The Morgan fingerprint density at radius 2 is 1.85 bits per heavy atom. The summed E-state index contributed by atoms with van der Waals surface area (Å²) in [5.74, 6) is 0.647. The van der Waals surface area contributed by atoms with Gasteiger partial charge in [-0.2, -0.15) is 0 Å². The fourth-order valence-electron chi connectivity index (χ4n) is 2.71. The number of unbranched alkanes of at least 4 members (excludes halogenated alkanes) is 1. The Kier molecular flexibility index (Phi) is 7.35. The zero-order valence-corrected chi connectivity index (χ0v) is 13.5. The Morgan fingerprint density at radius 1 is 1.20 bits per heavy atom. The van der Waals surface area contributed by atoms with Crippen molar-refractivity contribution in [3.05, 3.63) is 0 Å². The van der Waals surface area contributed by atoms with Crippen LogP contribution < -0.4 is 5.73 Å². The molecule has 0 aliphatic heterocycles. The van der Waals surface area contributed by atoms with Crippen LogP contribution in [0.3, 0.4) is 0 Å². The second kappa shape index (κ2) is 8.50. The lowest BCUT2D eigenvalue weighted by molar-refractivity contribution is 0.0205. The van der Waals surface area contributed by atoms with Crippen molar-refractivity contribution < 1.29 is 9.53 Å². The van der Waals surface area contributed by atoms with Gasteiger partial charge in [0, 0.05) is 13.1 Å². The van der Waals surface area contributed by atoms with E-state index in [1.807, 2.05) is 25.7 Å². The van der Waals surface area contributed by atoms with E-state index in [4.69, 9.17) is 10.5 Å². The second-order valence-corrected chi connectivity index (χ2v) is 6.93. The van der Waals surface area contributed by atoms with Crippen LogP contribution in [0.2, 0.25) is 0 Å². The summed E-state index contributed by atoms with van der Waals surface area (Å²) in [6.07, 6.45) is 8.19. The SMILES string of the molecule is CC(C)(C)OC(=O)N(CCCCN)CC1CCCCC1. The van der Waals surface area contributed by atoms with Crippen molar-refractivity contribution in [3.63, 3.8) is 0 Å². The molecule has 4 heteroatoms. The van der Waals surface area contributed by atoms with Gasteiger partial charge in [-0.05, 0) is 58.9 Å². The fourth-order valence-corrected chi connectivity index (χ4v) is 2.71. The predicted octanol–water partition coefficient (Wildman–Crippen LogP) is 3.54. The Bertz CT molecular complexity index is 281. The molecule has 0 heterocycles. The second-order valence-electron chi connectivity index (χ2n) is 6.93. The van der Waals surface area contributed by atoms with Crippen molar-refractivity contribution in [1.29, 1.82) is 0 Å². The average Bonchev–Trinajstić information content (AvgIpc) is 2.37.